The molecule has 3 aromatic carbocycles. The summed E-state index contributed by atoms with van der Waals surface area (Å²) in [5, 5.41) is 123. The first-order valence-corrected chi connectivity index (χ1v) is 23.0. The van der Waals surface area contributed by atoms with Gasteiger partial charge in [0.05, 0.1) is 26.2 Å². The molecule has 3 heterocycles. The maximum absolute atomic E-state index is 14.9. The second kappa shape index (κ2) is 25.1. The summed E-state index contributed by atoms with van der Waals surface area (Å²) in [5.74, 6) is -3.46. The molecule has 16 atom stereocenters. The Bertz CT molecular complexity index is 2240. The molecule has 3 aromatic rings. The molecule has 3 saturated heterocycles. The van der Waals surface area contributed by atoms with Crippen molar-refractivity contribution in [1.29, 1.82) is 0 Å². The quantitative estimate of drug-likeness (QED) is 0.0333. The molecule has 12 N–H and O–H groups in total. The normalized spacial score (nSPS) is 31.6. The Kier molecular flexibility index (Phi) is 19.5. The summed E-state index contributed by atoms with van der Waals surface area (Å²) >= 11 is 0. The topological polar surface area (TPSA) is 368 Å². The van der Waals surface area contributed by atoms with E-state index in [-0.39, 0.29) is 23.7 Å². The van der Waals surface area contributed by atoms with E-state index in [0.29, 0.717) is 16.7 Å². The van der Waals surface area contributed by atoms with Gasteiger partial charge in [0.15, 0.2) is 6.10 Å². The van der Waals surface area contributed by atoms with Crippen molar-refractivity contribution in [3.63, 3.8) is 0 Å². The highest BCUT2D eigenvalue weighted by Crippen LogP contribution is 2.44. The van der Waals surface area contributed by atoms with Crippen molar-refractivity contribution in [1.82, 2.24) is 0 Å². The van der Waals surface area contributed by atoms with Crippen molar-refractivity contribution >= 4 is 24.0 Å². The number of phenols is 1. The number of aliphatic hydroxyl groups excluding tert-OH is 11. The lowest BCUT2D eigenvalue weighted by atomic mass is 9.68. The van der Waals surface area contributed by atoms with E-state index in [1.165, 1.54) is 78.9 Å². The molecule has 396 valence electrons. The van der Waals surface area contributed by atoms with Crippen molar-refractivity contribution in [3.05, 3.63) is 95.6 Å². The minimum atomic E-state index is -2.19. The highest BCUT2D eigenvalue weighted by atomic mass is 16.7. The van der Waals surface area contributed by atoms with E-state index in [1.807, 2.05) is 0 Å². The van der Waals surface area contributed by atoms with Crippen LogP contribution >= 0.6 is 0 Å². The van der Waals surface area contributed by atoms with Crippen molar-refractivity contribution < 1.29 is 114 Å². The van der Waals surface area contributed by atoms with Gasteiger partial charge in [-0.1, -0.05) is 50.2 Å². The molecular formula is C49H62O23. The van der Waals surface area contributed by atoms with Crippen molar-refractivity contribution in [2.24, 2.45) is 11.3 Å². The highest BCUT2D eigenvalue weighted by molar-refractivity contribution is 5.88. The first kappa shape index (κ1) is 56.0. The van der Waals surface area contributed by atoms with Crippen LogP contribution in [0.4, 0.5) is 0 Å². The largest absolute Gasteiger partial charge is 0.508 e. The molecule has 0 spiro atoms. The Morgan fingerprint density at radius 2 is 1.06 bits per heavy atom. The predicted octanol–water partition coefficient (Wildman–Crippen LogP) is -1.93. The number of esters is 3. The van der Waals surface area contributed by atoms with Gasteiger partial charge in [-0.2, -0.15) is 0 Å². The van der Waals surface area contributed by atoms with Crippen LogP contribution in [-0.2, 0) is 56.0 Å². The van der Waals surface area contributed by atoms with E-state index in [4.69, 9.17) is 37.9 Å². The van der Waals surface area contributed by atoms with Gasteiger partial charge in [-0.15, -0.1) is 0 Å². The molecule has 23 heteroatoms. The average Bonchev–Trinajstić information content (AvgIpc) is 3.37. The van der Waals surface area contributed by atoms with Crippen molar-refractivity contribution in [3.8, 4) is 17.2 Å². The van der Waals surface area contributed by atoms with Crippen LogP contribution in [0, 0.1) is 11.3 Å². The van der Waals surface area contributed by atoms with Gasteiger partial charge < -0.3 is 99.2 Å². The van der Waals surface area contributed by atoms with Crippen molar-refractivity contribution in [2.45, 2.75) is 132 Å². The van der Waals surface area contributed by atoms with Crippen LogP contribution in [0.15, 0.2) is 78.9 Å². The Balaban J connectivity index is 1.25. The SMILES string of the molecule is CC(C)C[C@](CC(=O)OCc1ccc(O[C@@H]2O[C@H](CO)[C@@H](O)[C@H](O)[C@H]2O)cc1)(C(=O)OCc1ccc(O[C@@H]2O[C@H](CO)[C@@H](O)[C@H](O)[C@H]2O)cc1)[C@@H]1O[C@H](CO)[C@@H](O)[C@H](O)[C@H]1OC(=O)/C=C/c1ccc(O)cc1. The first-order chi connectivity index (χ1) is 34.3. The van der Waals surface area contributed by atoms with E-state index in [0.717, 1.165) is 6.08 Å². The number of aromatic hydroxyl groups is 1. The summed E-state index contributed by atoms with van der Waals surface area (Å²) in [4.78, 5) is 42.5. The second-order valence-electron chi connectivity index (χ2n) is 18.2. The number of ether oxygens (including phenoxy) is 8. The zero-order valence-corrected chi connectivity index (χ0v) is 39.1. The summed E-state index contributed by atoms with van der Waals surface area (Å²) in [5.41, 5.74) is -0.992. The Morgan fingerprint density at radius 1 is 0.597 bits per heavy atom. The molecule has 23 nitrogen and oxygen atoms in total. The maximum Gasteiger partial charge on any atom is 0.331 e. The average molecular weight is 1020 g/mol. The molecule has 0 amide bonds. The highest BCUT2D eigenvalue weighted by Gasteiger charge is 2.60. The van der Waals surface area contributed by atoms with E-state index >= 15 is 0 Å². The van der Waals surface area contributed by atoms with Gasteiger partial charge in [0.2, 0.25) is 12.6 Å². The van der Waals surface area contributed by atoms with Gasteiger partial charge in [-0.05, 0) is 71.5 Å². The molecule has 72 heavy (non-hydrogen) atoms. The minimum absolute atomic E-state index is 0.0325. The van der Waals surface area contributed by atoms with Crippen LogP contribution < -0.4 is 9.47 Å². The van der Waals surface area contributed by atoms with Gasteiger partial charge in [-0.3, -0.25) is 9.59 Å². The standard InChI is InChI=1S/C49H62O23/c1-24(2)17-49(45-44(41(61)38(58)31(19-50)69-45)72-34(54)16-9-25-3-10-28(53)11-4-25,48(64)66-23-27-7-14-30(15-8-27)68-47-43(63)40(60)37(57)33(21-52)71-47)18-35(55)65-22-26-5-12-29(13-6-26)67-46-42(62)39(59)36(56)32(20-51)70-46/h3-16,24,31-33,36-47,50-53,56-63H,17-23H2,1-2H3/b16-9+/t31-,32-,33-,36-,37-,38-,39+,40+,41+,42-,43-,44-,45-,46-,47-,49-/m1/s1. The third-order valence-electron chi connectivity index (χ3n) is 12.4. The second-order valence-corrected chi connectivity index (χ2v) is 18.2. The summed E-state index contributed by atoms with van der Waals surface area (Å²) < 4.78 is 45.6. The third-order valence-corrected chi connectivity index (χ3v) is 12.4. The number of hydrogen-bond acceptors (Lipinski definition) is 23. The lowest BCUT2D eigenvalue weighted by molar-refractivity contribution is -0.277. The van der Waals surface area contributed by atoms with Crippen LogP contribution in [0.5, 0.6) is 17.2 Å². The smallest absolute Gasteiger partial charge is 0.331 e. The lowest BCUT2D eigenvalue weighted by Crippen LogP contribution is -2.66. The Hall–Kier alpha value is -5.35. The van der Waals surface area contributed by atoms with Crippen LogP contribution in [0.2, 0.25) is 0 Å². The van der Waals surface area contributed by atoms with Crippen LogP contribution in [-0.4, -0.2) is 191 Å². The number of carbonyl (C=O) groups is 3. The maximum atomic E-state index is 14.9. The summed E-state index contributed by atoms with van der Waals surface area (Å²) in [6.07, 6.45) is -23.2. The number of benzene rings is 3. The number of hydrogen-bond donors (Lipinski definition) is 12. The lowest BCUT2D eigenvalue weighted by Gasteiger charge is -2.49. The molecular weight excluding hydrogens is 957 g/mol. The summed E-state index contributed by atoms with van der Waals surface area (Å²) in [7, 11) is 0. The first-order valence-electron chi connectivity index (χ1n) is 23.0. The molecule has 0 aromatic heterocycles. The summed E-state index contributed by atoms with van der Waals surface area (Å²) in [6.45, 7) is 0.311. The number of rotatable bonds is 20. The number of phenolic OH excluding ortho intramolecular Hbond substituents is 1. The molecule has 0 bridgehead atoms. The van der Waals surface area contributed by atoms with E-state index in [1.54, 1.807) is 13.8 Å². The van der Waals surface area contributed by atoms with E-state index < -0.39 is 161 Å². The molecule has 0 radical (unpaired) electrons. The summed E-state index contributed by atoms with van der Waals surface area (Å²) in [6, 6.07) is 17.3. The van der Waals surface area contributed by atoms with Crippen LogP contribution in [0.1, 0.15) is 43.4 Å². The molecule has 6 rings (SSSR count). The molecule has 0 unspecified atom stereocenters. The monoisotopic (exact) mass is 1020 g/mol. The van der Waals surface area contributed by atoms with Gasteiger partial charge in [0, 0.05) is 6.08 Å². The minimum Gasteiger partial charge on any atom is -0.508 e. The van der Waals surface area contributed by atoms with Gasteiger partial charge in [0.25, 0.3) is 0 Å². The van der Waals surface area contributed by atoms with Gasteiger partial charge in [0.1, 0.15) is 109 Å². The third kappa shape index (κ3) is 13.4. The zero-order chi connectivity index (χ0) is 52.4. The zero-order valence-electron chi connectivity index (χ0n) is 39.1. The number of aliphatic hydroxyl groups is 11. The van der Waals surface area contributed by atoms with Gasteiger partial charge >= 0.3 is 17.9 Å². The molecule has 3 fully saturated rings. The molecule has 0 aliphatic carbocycles. The predicted molar refractivity (Wildman–Crippen MR) is 243 cm³/mol. The molecule has 3 aliphatic rings. The fourth-order valence-corrected chi connectivity index (χ4v) is 8.57. The van der Waals surface area contributed by atoms with Crippen LogP contribution in [0.25, 0.3) is 6.08 Å². The van der Waals surface area contributed by atoms with Crippen molar-refractivity contribution in [2.75, 3.05) is 19.8 Å². The Morgan fingerprint density at radius 3 is 1.53 bits per heavy atom. The fourth-order valence-electron chi connectivity index (χ4n) is 8.57. The van der Waals surface area contributed by atoms with E-state index in [2.05, 4.69) is 0 Å². The van der Waals surface area contributed by atoms with Gasteiger partial charge in [-0.25, -0.2) is 4.79 Å². The number of carbonyl (C=O) groups excluding carboxylic acids is 3. The Labute approximate surface area is 412 Å². The fraction of sp³-hybridized carbons (Fsp3) is 0.531. The van der Waals surface area contributed by atoms with Crippen LogP contribution in [0.3, 0.4) is 0 Å². The molecule has 0 saturated carbocycles. The van der Waals surface area contributed by atoms with E-state index in [9.17, 15) is 75.7 Å². The molecule has 3 aliphatic heterocycles.